The Bertz CT molecular complexity index is 1290. The highest BCUT2D eigenvalue weighted by molar-refractivity contribution is 5.74. The summed E-state index contributed by atoms with van der Waals surface area (Å²) in [5, 5.41) is 8.41. The first kappa shape index (κ1) is 20.3. The number of hydrogen-bond donors (Lipinski definition) is 1. The molecular formula is C23H26N8O. The number of aromatic nitrogens is 6. The Morgan fingerprint density at radius 2 is 1.84 bits per heavy atom. The fourth-order valence-corrected chi connectivity index (χ4v) is 4.13. The lowest BCUT2D eigenvalue weighted by Gasteiger charge is -2.36. The molecule has 1 saturated heterocycles. The minimum Gasteiger partial charge on any atom is -0.368 e. The summed E-state index contributed by atoms with van der Waals surface area (Å²) in [6, 6.07) is 8.03. The Morgan fingerprint density at radius 3 is 2.53 bits per heavy atom. The summed E-state index contributed by atoms with van der Waals surface area (Å²) in [5.74, 6) is 0. The largest absolute Gasteiger partial charge is 0.368 e. The maximum atomic E-state index is 12.1. The lowest BCUT2D eigenvalue weighted by Crippen LogP contribution is -2.46. The van der Waals surface area contributed by atoms with Gasteiger partial charge in [-0.15, -0.1) is 0 Å². The molecule has 4 aromatic rings. The number of aryl methyl sites for hydroxylation is 2. The molecule has 0 aliphatic carbocycles. The lowest BCUT2D eigenvalue weighted by atomic mass is 10.1. The molecule has 0 atom stereocenters. The number of piperazine rings is 1. The van der Waals surface area contributed by atoms with Crippen LogP contribution < -0.4 is 10.5 Å². The van der Waals surface area contributed by atoms with Crippen LogP contribution in [0.25, 0.3) is 22.4 Å². The second-order valence-electron chi connectivity index (χ2n) is 8.14. The van der Waals surface area contributed by atoms with Crippen LogP contribution in [0, 0.1) is 0 Å². The van der Waals surface area contributed by atoms with Gasteiger partial charge in [0.25, 0.3) is 5.56 Å². The molecule has 0 amide bonds. The minimum absolute atomic E-state index is 0.0218. The number of nitrogens with one attached hydrogen (secondary N) is 1. The summed E-state index contributed by atoms with van der Waals surface area (Å²) in [5.41, 5.74) is 6.23. The van der Waals surface area contributed by atoms with Crippen LogP contribution in [0.4, 0.5) is 5.69 Å². The van der Waals surface area contributed by atoms with Crippen LogP contribution in [0.1, 0.15) is 18.1 Å². The molecule has 0 unspecified atom stereocenters. The molecule has 0 radical (unpaired) electrons. The Labute approximate surface area is 185 Å². The second-order valence-corrected chi connectivity index (χ2v) is 8.14. The van der Waals surface area contributed by atoms with Crippen molar-refractivity contribution in [1.82, 2.24) is 34.8 Å². The minimum atomic E-state index is -0.0218. The van der Waals surface area contributed by atoms with Crippen molar-refractivity contribution in [3.8, 4) is 11.4 Å². The number of nitrogens with zero attached hydrogens (tertiary/aromatic N) is 7. The number of rotatable bonds is 5. The van der Waals surface area contributed by atoms with Crippen LogP contribution in [-0.4, -0.2) is 61.0 Å². The SMILES string of the molecule is CCc1cc2ncc(CN3CCN(c4ccc(-c5cnn(C)n5)nc4)CC3)cc2[nH]c1=O. The topological polar surface area (TPSA) is 95.8 Å². The highest BCUT2D eigenvalue weighted by Crippen LogP contribution is 2.20. The second kappa shape index (κ2) is 8.51. The molecule has 0 bridgehead atoms. The highest BCUT2D eigenvalue weighted by atomic mass is 16.1. The molecule has 1 aliphatic rings. The average molecular weight is 431 g/mol. The zero-order valence-corrected chi connectivity index (χ0v) is 18.3. The van der Waals surface area contributed by atoms with Crippen LogP contribution in [0.2, 0.25) is 0 Å². The fourth-order valence-electron chi connectivity index (χ4n) is 4.13. The van der Waals surface area contributed by atoms with Crippen LogP contribution in [0.15, 0.2) is 47.7 Å². The molecule has 164 valence electrons. The van der Waals surface area contributed by atoms with Gasteiger partial charge in [-0.25, -0.2) is 0 Å². The smallest absolute Gasteiger partial charge is 0.251 e. The van der Waals surface area contributed by atoms with E-state index in [0.717, 1.165) is 72.0 Å². The summed E-state index contributed by atoms with van der Waals surface area (Å²) < 4.78 is 0. The van der Waals surface area contributed by atoms with Gasteiger partial charge in [0, 0.05) is 51.5 Å². The van der Waals surface area contributed by atoms with Crippen molar-refractivity contribution in [2.75, 3.05) is 31.1 Å². The molecule has 1 fully saturated rings. The fraction of sp³-hybridized carbons (Fsp3) is 0.348. The normalized spacial score (nSPS) is 14.9. The number of hydrogen-bond acceptors (Lipinski definition) is 7. The standard InChI is InChI=1S/C23H26N8O/c1-3-17-11-20-21(27-23(17)32)10-16(12-24-20)15-30-6-8-31(9-7-30)18-4-5-19(25-13-18)22-14-26-29(2)28-22/h4-5,10-14H,3,6-9,15H2,1-2H3,(H,27,32). The number of anilines is 1. The Morgan fingerprint density at radius 1 is 1.00 bits per heavy atom. The summed E-state index contributed by atoms with van der Waals surface area (Å²) >= 11 is 0. The van der Waals surface area contributed by atoms with E-state index < -0.39 is 0 Å². The van der Waals surface area contributed by atoms with E-state index >= 15 is 0 Å². The van der Waals surface area contributed by atoms with E-state index in [1.54, 1.807) is 13.2 Å². The number of fused-ring (bicyclic) bond motifs is 1. The van der Waals surface area contributed by atoms with Crippen molar-refractivity contribution in [3.63, 3.8) is 0 Å². The average Bonchev–Trinajstić information content (AvgIpc) is 3.25. The predicted molar refractivity (Wildman–Crippen MR) is 123 cm³/mol. The van der Waals surface area contributed by atoms with Crippen molar-refractivity contribution >= 4 is 16.7 Å². The molecule has 1 aliphatic heterocycles. The highest BCUT2D eigenvalue weighted by Gasteiger charge is 2.18. The molecule has 9 nitrogen and oxygen atoms in total. The summed E-state index contributed by atoms with van der Waals surface area (Å²) in [6.45, 7) is 6.57. The van der Waals surface area contributed by atoms with Crippen molar-refractivity contribution in [2.24, 2.45) is 7.05 Å². The molecule has 32 heavy (non-hydrogen) atoms. The van der Waals surface area contributed by atoms with Crippen molar-refractivity contribution < 1.29 is 0 Å². The van der Waals surface area contributed by atoms with E-state index in [1.807, 2.05) is 37.5 Å². The van der Waals surface area contributed by atoms with Gasteiger partial charge in [0.1, 0.15) is 5.69 Å². The van der Waals surface area contributed by atoms with E-state index in [9.17, 15) is 4.79 Å². The van der Waals surface area contributed by atoms with E-state index in [0.29, 0.717) is 6.42 Å². The zero-order chi connectivity index (χ0) is 22.1. The molecule has 0 saturated carbocycles. The quantitative estimate of drug-likeness (QED) is 0.517. The maximum Gasteiger partial charge on any atom is 0.251 e. The first-order valence-corrected chi connectivity index (χ1v) is 10.9. The number of pyridine rings is 3. The summed E-state index contributed by atoms with van der Waals surface area (Å²) in [6.07, 6.45) is 6.26. The zero-order valence-electron chi connectivity index (χ0n) is 18.3. The van der Waals surface area contributed by atoms with Gasteiger partial charge in [0.2, 0.25) is 0 Å². The first-order chi connectivity index (χ1) is 15.6. The van der Waals surface area contributed by atoms with Gasteiger partial charge in [0.15, 0.2) is 0 Å². The van der Waals surface area contributed by atoms with Gasteiger partial charge in [-0.3, -0.25) is 19.7 Å². The molecule has 0 aromatic carbocycles. The predicted octanol–water partition coefficient (Wildman–Crippen LogP) is 2.00. The molecule has 5 rings (SSSR count). The molecule has 0 spiro atoms. The van der Waals surface area contributed by atoms with Crippen LogP contribution in [0.5, 0.6) is 0 Å². The third-order valence-electron chi connectivity index (χ3n) is 5.96. The summed E-state index contributed by atoms with van der Waals surface area (Å²) in [4.78, 5) is 30.5. The third-order valence-corrected chi connectivity index (χ3v) is 5.96. The maximum absolute atomic E-state index is 12.1. The van der Waals surface area contributed by atoms with Gasteiger partial charge >= 0.3 is 0 Å². The third kappa shape index (κ3) is 4.11. The molecule has 1 N–H and O–H groups in total. The van der Waals surface area contributed by atoms with Gasteiger partial charge in [-0.1, -0.05) is 6.92 Å². The van der Waals surface area contributed by atoms with Gasteiger partial charge < -0.3 is 9.88 Å². The van der Waals surface area contributed by atoms with Gasteiger partial charge in [-0.05, 0) is 36.2 Å². The molecular weight excluding hydrogens is 404 g/mol. The Hall–Kier alpha value is -3.59. The molecule has 9 heteroatoms. The van der Waals surface area contributed by atoms with Gasteiger partial charge in [0.05, 0.1) is 34.8 Å². The lowest BCUT2D eigenvalue weighted by molar-refractivity contribution is 0.249. The number of aromatic amines is 1. The van der Waals surface area contributed by atoms with Crippen LogP contribution >= 0.6 is 0 Å². The summed E-state index contributed by atoms with van der Waals surface area (Å²) in [7, 11) is 1.80. The van der Waals surface area contributed by atoms with E-state index in [2.05, 4.69) is 41.0 Å². The van der Waals surface area contributed by atoms with Crippen molar-refractivity contribution in [3.05, 3.63) is 64.3 Å². The molecule has 5 heterocycles. The van der Waals surface area contributed by atoms with E-state index in [-0.39, 0.29) is 5.56 Å². The van der Waals surface area contributed by atoms with Crippen LogP contribution in [-0.2, 0) is 20.0 Å². The number of H-pyrrole nitrogens is 1. The van der Waals surface area contributed by atoms with E-state index in [1.165, 1.54) is 4.80 Å². The first-order valence-electron chi connectivity index (χ1n) is 10.9. The Kier molecular flexibility index (Phi) is 5.40. The van der Waals surface area contributed by atoms with Crippen molar-refractivity contribution in [2.45, 2.75) is 19.9 Å². The molecule has 4 aromatic heterocycles. The monoisotopic (exact) mass is 430 g/mol. The van der Waals surface area contributed by atoms with Crippen molar-refractivity contribution in [1.29, 1.82) is 0 Å². The van der Waals surface area contributed by atoms with E-state index in [4.69, 9.17) is 0 Å². The van der Waals surface area contributed by atoms with Crippen LogP contribution in [0.3, 0.4) is 0 Å². The Balaban J connectivity index is 1.21. The van der Waals surface area contributed by atoms with Gasteiger partial charge in [-0.2, -0.15) is 15.0 Å².